The van der Waals surface area contributed by atoms with Gasteiger partial charge in [-0.15, -0.1) is 0 Å². The molecule has 33 heavy (non-hydrogen) atoms. The highest BCUT2D eigenvalue weighted by molar-refractivity contribution is 5.94. The van der Waals surface area contributed by atoms with E-state index in [1.165, 1.54) is 4.57 Å². The van der Waals surface area contributed by atoms with Gasteiger partial charge in [0.15, 0.2) is 5.69 Å². The maximum Gasteiger partial charge on any atom is 0.282 e. The molecule has 0 fully saturated rings. The molecule has 10 heteroatoms. The average Bonchev–Trinajstić information content (AvgIpc) is 2.79. The fourth-order valence-electron chi connectivity index (χ4n) is 2.93. The number of carbonyl (C=O) groups is 1. The number of aromatic nitrogens is 2. The second kappa shape index (κ2) is 15.5. The van der Waals surface area contributed by atoms with Gasteiger partial charge in [-0.2, -0.15) is 0 Å². The van der Waals surface area contributed by atoms with Gasteiger partial charge in [0.2, 0.25) is 0 Å². The summed E-state index contributed by atoms with van der Waals surface area (Å²) in [6, 6.07) is 3.57. The molecule has 10 nitrogen and oxygen atoms in total. The maximum absolute atomic E-state index is 13.0. The van der Waals surface area contributed by atoms with Gasteiger partial charge in [-0.3, -0.25) is 9.59 Å². The summed E-state index contributed by atoms with van der Waals surface area (Å²) in [6.07, 6.45) is -2.54. The van der Waals surface area contributed by atoms with Crippen LogP contribution in [0.25, 0.3) is 11.0 Å². The van der Waals surface area contributed by atoms with E-state index >= 15 is 0 Å². The molecule has 0 aliphatic heterocycles. The third kappa shape index (κ3) is 8.49. The summed E-state index contributed by atoms with van der Waals surface area (Å²) in [7, 11) is 0. The Balaban J connectivity index is 0.00000332. The molecule has 0 spiro atoms. The third-order valence-corrected chi connectivity index (χ3v) is 4.82. The summed E-state index contributed by atoms with van der Waals surface area (Å²) in [4.78, 5) is 29.8. The Labute approximate surface area is 194 Å². The Morgan fingerprint density at radius 3 is 2.36 bits per heavy atom. The van der Waals surface area contributed by atoms with Crippen LogP contribution in [0.1, 0.15) is 49.3 Å². The van der Waals surface area contributed by atoms with Crippen molar-refractivity contribution in [2.75, 3.05) is 33.0 Å². The van der Waals surface area contributed by atoms with Gasteiger partial charge >= 0.3 is 0 Å². The first-order valence-corrected chi connectivity index (χ1v) is 10.8. The number of aliphatic hydroxyl groups is 4. The van der Waals surface area contributed by atoms with Crippen LogP contribution in [0, 0.1) is 13.8 Å². The van der Waals surface area contributed by atoms with Crippen LogP contribution in [0.5, 0.6) is 0 Å². The number of benzene rings is 1. The minimum atomic E-state index is -1.32. The number of hydrogen-bond acceptors (Lipinski definition) is 8. The van der Waals surface area contributed by atoms with Crippen LogP contribution in [0.2, 0.25) is 0 Å². The van der Waals surface area contributed by atoms with E-state index in [2.05, 4.69) is 10.3 Å². The maximum atomic E-state index is 13.0. The molecule has 0 saturated carbocycles. The summed E-state index contributed by atoms with van der Waals surface area (Å²) in [6.45, 7) is 7.56. The van der Waals surface area contributed by atoms with E-state index in [9.17, 15) is 19.8 Å². The number of aryl methyl sites for hydroxylation is 3. The van der Waals surface area contributed by atoms with Crippen molar-refractivity contribution in [1.82, 2.24) is 14.9 Å². The molecule has 0 aliphatic carbocycles. The molecule has 1 heterocycles. The molecule has 188 valence electrons. The van der Waals surface area contributed by atoms with E-state index in [1.807, 2.05) is 27.7 Å². The molecule has 0 aliphatic rings. The van der Waals surface area contributed by atoms with Crippen molar-refractivity contribution in [2.45, 2.75) is 60.3 Å². The fourth-order valence-corrected chi connectivity index (χ4v) is 2.93. The summed E-state index contributed by atoms with van der Waals surface area (Å²) in [5, 5.41) is 39.8. The van der Waals surface area contributed by atoms with Crippen LogP contribution in [-0.2, 0) is 11.3 Å². The molecule has 2 atom stereocenters. The summed E-state index contributed by atoms with van der Waals surface area (Å²) in [5.74, 6) is -0.655. The zero-order valence-electron chi connectivity index (χ0n) is 19.2. The van der Waals surface area contributed by atoms with Crippen LogP contribution >= 0.6 is 0 Å². The number of ether oxygens (including phenoxy) is 1. The van der Waals surface area contributed by atoms with E-state index < -0.39 is 30.3 Å². The number of rotatable bonds is 11. The van der Waals surface area contributed by atoms with Crippen molar-refractivity contribution >= 4 is 16.9 Å². The first kappa shape index (κ1) is 30.6. The Hall–Kier alpha value is -2.37. The molecule has 5 N–H and O–H groups in total. The summed E-state index contributed by atoms with van der Waals surface area (Å²) < 4.78 is 6.43. The number of nitrogens with zero attached hydrogens (tertiary/aromatic N) is 2. The van der Waals surface area contributed by atoms with E-state index in [0.29, 0.717) is 11.0 Å². The van der Waals surface area contributed by atoms with Crippen LogP contribution < -0.4 is 10.9 Å². The van der Waals surface area contributed by atoms with Gasteiger partial charge in [0.1, 0.15) is 6.10 Å². The van der Waals surface area contributed by atoms with E-state index in [0.717, 1.165) is 11.1 Å². The lowest BCUT2D eigenvalue weighted by atomic mass is 10.1. The molecule has 2 aromatic rings. The number of nitrogens with one attached hydrogen (secondary N) is 1. The molecule has 1 aromatic carbocycles. The molecular formula is C23H39N3O7. The van der Waals surface area contributed by atoms with Crippen LogP contribution in [0.15, 0.2) is 16.9 Å². The molecule has 1 unspecified atom stereocenters. The second-order valence-corrected chi connectivity index (χ2v) is 7.04. The zero-order valence-corrected chi connectivity index (χ0v) is 19.2. The number of hydrogen-bond donors (Lipinski definition) is 5. The van der Waals surface area contributed by atoms with Crippen LogP contribution in [0.4, 0.5) is 0 Å². The molecule has 1 amide bonds. The largest absolute Gasteiger partial charge is 0.394 e. The highest BCUT2D eigenvalue weighted by Gasteiger charge is 2.20. The SMILES string of the molecule is C.CC.Cc1cc2nc(C(=O)NCCOCCO)c(=O)n(CCC(O)[C@H](O)CO)c2cc1C. The lowest BCUT2D eigenvalue weighted by Crippen LogP contribution is -2.37. The van der Waals surface area contributed by atoms with Crippen molar-refractivity contribution in [3.05, 3.63) is 39.3 Å². The van der Waals surface area contributed by atoms with Gasteiger partial charge in [-0.25, -0.2) is 4.98 Å². The lowest BCUT2D eigenvalue weighted by Gasteiger charge is -2.18. The standard InChI is InChI=1S/C20H29N3O7.C2H6.CH4/c1-12-9-14-15(10-13(12)2)23(5-3-16(26)17(27)11-25)20(29)18(22-14)19(28)21-4-7-30-8-6-24;1-2;/h9-10,16-17,24-27H,3-8,11H2,1-2H3,(H,21,28);1-2H3;1H4/t16?,17-;;/m1../s1. The van der Waals surface area contributed by atoms with Gasteiger partial charge in [0, 0.05) is 13.1 Å². The first-order chi connectivity index (χ1) is 15.3. The first-order valence-electron chi connectivity index (χ1n) is 10.8. The Bertz CT molecular complexity index is 930. The van der Waals surface area contributed by atoms with Crippen molar-refractivity contribution in [3.63, 3.8) is 0 Å². The lowest BCUT2D eigenvalue weighted by molar-refractivity contribution is -0.0192. The van der Waals surface area contributed by atoms with E-state index in [-0.39, 0.29) is 52.5 Å². The monoisotopic (exact) mass is 469 g/mol. The van der Waals surface area contributed by atoms with Crippen LogP contribution in [0.3, 0.4) is 0 Å². The smallest absolute Gasteiger partial charge is 0.282 e. The van der Waals surface area contributed by atoms with Gasteiger partial charge in [-0.1, -0.05) is 21.3 Å². The predicted molar refractivity (Wildman–Crippen MR) is 128 cm³/mol. The van der Waals surface area contributed by atoms with Crippen molar-refractivity contribution in [2.24, 2.45) is 0 Å². The fraction of sp³-hybridized carbons (Fsp3) is 0.609. The number of fused-ring (bicyclic) bond motifs is 1. The average molecular weight is 470 g/mol. The van der Waals surface area contributed by atoms with Gasteiger partial charge in [-0.05, 0) is 43.5 Å². The molecule has 2 rings (SSSR count). The van der Waals surface area contributed by atoms with Crippen molar-refractivity contribution < 1.29 is 30.0 Å². The number of amides is 1. The van der Waals surface area contributed by atoms with Gasteiger partial charge in [0.05, 0.1) is 43.6 Å². The molecule has 0 saturated heterocycles. The highest BCUT2D eigenvalue weighted by atomic mass is 16.5. The van der Waals surface area contributed by atoms with Gasteiger partial charge < -0.3 is 35.0 Å². The topological polar surface area (TPSA) is 154 Å². The van der Waals surface area contributed by atoms with Gasteiger partial charge in [0.25, 0.3) is 11.5 Å². The van der Waals surface area contributed by atoms with Crippen molar-refractivity contribution in [1.29, 1.82) is 0 Å². The summed E-state index contributed by atoms with van der Waals surface area (Å²) >= 11 is 0. The van der Waals surface area contributed by atoms with E-state index in [4.69, 9.17) is 14.9 Å². The Morgan fingerprint density at radius 1 is 1.12 bits per heavy atom. The quantitative estimate of drug-likeness (QED) is 0.298. The van der Waals surface area contributed by atoms with E-state index in [1.54, 1.807) is 12.1 Å². The second-order valence-electron chi connectivity index (χ2n) is 7.04. The molecule has 0 radical (unpaired) electrons. The molecular weight excluding hydrogens is 430 g/mol. The summed E-state index contributed by atoms with van der Waals surface area (Å²) in [5.41, 5.74) is 1.94. The molecule has 1 aromatic heterocycles. The predicted octanol–water partition coefficient (Wildman–Crippen LogP) is 0.519. The Kier molecular flexibility index (Phi) is 14.4. The minimum absolute atomic E-state index is 0. The number of aliphatic hydroxyl groups excluding tert-OH is 4. The third-order valence-electron chi connectivity index (χ3n) is 4.82. The van der Waals surface area contributed by atoms with Crippen molar-refractivity contribution in [3.8, 4) is 0 Å². The highest BCUT2D eigenvalue weighted by Crippen LogP contribution is 2.18. The normalized spacial score (nSPS) is 12.4. The van der Waals surface area contributed by atoms with Crippen LogP contribution in [-0.4, -0.2) is 81.1 Å². The zero-order chi connectivity index (χ0) is 24.3. The number of carbonyl (C=O) groups excluding carboxylic acids is 1. The minimum Gasteiger partial charge on any atom is -0.394 e. The Morgan fingerprint density at radius 2 is 1.76 bits per heavy atom. The molecule has 0 bridgehead atoms.